The molecule has 0 aromatic carbocycles. The molecule has 0 heterocycles. The zero-order valence-electron chi connectivity index (χ0n) is 3.23. The van der Waals surface area contributed by atoms with Crippen LogP contribution in [0.1, 0.15) is 0 Å². The van der Waals surface area contributed by atoms with Crippen LogP contribution in [0.25, 0.3) is 0 Å². The fourth-order valence-corrected chi connectivity index (χ4v) is 0. The van der Waals surface area contributed by atoms with Crippen LogP contribution in [0.4, 0.5) is 0 Å². The summed E-state index contributed by atoms with van der Waals surface area (Å²) in [5.74, 6) is 0. The van der Waals surface area contributed by atoms with Gasteiger partial charge in [0, 0.05) is 61.6 Å². The molecule has 0 aliphatic carbocycles. The molecule has 0 spiro atoms. The van der Waals surface area contributed by atoms with Gasteiger partial charge in [0.25, 0.3) is 0 Å². The Morgan fingerprint density at radius 1 is 0.667 bits per heavy atom. The van der Waals surface area contributed by atoms with E-state index in [1.165, 1.54) is 0 Å². The zero-order chi connectivity index (χ0) is 0. The molecular weight excluding hydrogens is 529 g/mol. The molecule has 0 fully saturated rings. The van der Waals surface area contributed by atoms with Crippen LogP contribution in [-0.4, -0.2) is 27.3 Å². The standard InChI is InChI=1S/2Mo.Pb.2H2S.Zn.2H/h;;;2*1H2;;;. The van der Waals surface area contributed by atoms with Gasteiger partial charge in [0.05, 0.1) is 0 Å². The summed E-state index contributed by atoms with van der Waals surface area (Å²) < 4.78 is 0. The first-order valence-corrected chi connectivity index (χ1v) is 0. The van der Waals surface area contributed by atoms with E-state index in [9.17, 15) is 0 Å². The molecule has 2 radical (unpaired) electrons. The van der Waals surface area contributed by atoms with Crippen molar-refractivity contribution in [2.75, 3.05) is 0 Å². The molecule has 0 saturated heterocycles. The summed E-state index contributed by atoms with van der Waals surface area (Å²) in [5.41, 5.74) is 0. The SMILES string of the molecule is S.S.[Mo].[Mo].[PbH2].[Zn]. The molecule has 6 heteroatoms. The van der Waals surface area contributed by atoms with Crippen LogP contribution < -0.4 is 0 Å². The van der Waals surface area contributed by atoms with Gasteiger partial charge in [0.2, 0.25) is 0 Å². The molecule has 0 aliphatic heterocycles. The zero-order valence-corrected chi connectivity index (χ0v) is 17.7. The van der Waals surface area contributed by atoms with Crippen molar-refractivity contribution in [2.45, 2.75) is 0 Å². The Bertz CT molecular complexity index is 11.5. The minimum atomic E-state index is 0. The van der Waals surface area contributed by atoms with E-state index in [1.54, 1.807) is 0 Å². The number of rotatable bonds is 0. The van der Waals surface area contributed by atoms with Crippen molar-refractivity contribution in [1.82, 2.24) is 0 Å². The molecule has 0 N–H and O–H groups in total. The summed E-state index contributed by atoms with van der Waals surface area (Å²) in [6.07, 6.45) is 0. The van der Waals surface area contributed by atoms with Crippen molar-refractivity contribution >= 4 is 54.3 Å². The molecule has 36 valence electrons. The Labute approximate surface area is 114 Å². The van der Waals surface area contributed by atoms with E-state index in [0.29, 0.717) is 0 Å². The third kappa shape index (κ3) is 25.5. The number of hydrogen-bond acceptors (Lipinski definition) is 0. The molecule has 0 bridgehead atoms. The quantitative estimate of drug-likeness (QED) is 0.361. The van der Waals surface area contributed by atoms with E-state index in [-0.39, 0.29) is 116 Å². The average Bonchev–Trinajstić information content (AvgIpc) is 0. The Morgan fingerprint density at radius 2 is 0.667 bits per heavy atom. The minimum Gasteiger partial charge on any atom is 0 e. The van der Waals surface area contributed by atoms with E-state index in [2.05, 4.69) is 0 Å². The van der Waals surface area contributed by atoms with Crippen LogP contribution in [0, 0.1) is 0 Å². The average molecular weight is 535 g/mol. The summed E-state index contributed by atoms with van der Waals surface area (Å²) in [6.45, 7) is 0. The molecule has 0 unspecified atom stereocenters. The maximum atomic E-state index is 0. The van der Waals surface area contributed by atoms with Crippen LogP contribution in [0.2, 0.25) is 0 Å². The topological polar surface area (TPSA) is 0 Å². The normalized spacial score (nSPS) is 0. The second-order valence-electron chi connectivity index (χ2n) is 0. The van der Waals surface area contributed by atoms with E-state index in [4.69, 9.17) is 0 Å². The first-order chi connectivity index (χ1) is 0. The van der Waals surface area contributed by atoms with Gasteiger partial charge < -0.3 is 0 Å². The second kappa shape index (κ2) is 38.2. The van der Waals surface area contributed by atoms with Gasteiger partial charge in [0.15, 0.2) is 0 Å². The molecule has 0 aromatic heterocycles. The summed E-state index contributed by atoms with van der Waals surface area (Å²) in [5, 5.41) is 0. The van der Waals surface area contributed by atoms with Crippen molar-refractivity contribution in [3.63, 3.8) is 0 Å². The van der Waals surface area contributed by atoms with Crippen molar-refractivity contribution in [3.8, 4) is 0 Å². The summed E-state index contributed by atoms with van der Waals surface area (Å²) in [4.78, 5) is 0. The molecule has 0 aliphatic rings. The van der Waals surface area contributed by atoms with E-state index >= 15 is 0 Å². The van der Waals surface area contributed by atoms with Gasteiger partial charge >= 0.3 is 27.3 Å². The molecule has 0 nitrogen and oxygen atoms in total. The molecule has 0 aromatic rings. The fourth-order valence-electron chi connectivity index (χ4n) is 0. The van der Waals surface area contributed by atoms with Gasteiger partial charge in [-0.05, 0) is 0 Å². The third-order valence-corrected chi connectivity index (χ3v) is 0. The van der Waals surface area contributed by atoms with Gasteiger partial charge in [-0.15, -0.1) is 0 Å². The van der Waals surface area contributed by atoms with Gasteiger partial charge in [-0.1, -0.05) is 0 Å². The maximum absolute atomic E-state index is 0. The number of hydrogen-bond donors (Lipinski definition) is 0. The van der Waals surface area contributed by atoms with Crippen LogP contribution in [0.5, 0.6) is 0 Å². The van der Waals surface area contributed by atoms with Gasteiger partial charge in [0.1, 0.15) is 0 Å². The van der Waals surface area contributed by atoms with Crippen LogP contribution in [-0.2, 0) is 61.6 Å². The molecular formula is H6Mo2PbS2Zn. The summed E-state index contributed by atoms with van der Waals surface area (Å²) in [6, 6.07) is 0. The molecule has 0 saturated carbocycles. The van der Waals surface area contributed by atoms with Crippen molar-refractivity contribution in [3.05, 3.63) is 0 Å². The third-order valence-electron chi connectivity index (χ3n) is 0. The molecule has 0 atom stereocenters. The first-order valence-electron chi connectivity index (χ1n) is 0. The Kier molecular flexibility index (Phi) is 347. The second-order valence-corrected chi connectivity index (χ2v) is 0. The van der Waals surface area contributed by atoms with Gasteiger partial charge in [-0.2, -0.15) is 27.0 Å². The predicted octanol–water partition coefficient (Wildman–Crippen LogP) is -0.698. The smallest absolute Gasteiger partial charge is 0 e. The molecule has 0 rings (SSSR count). The molecule has 0 amide bonds. The Morgan fingerprint density at radius 3 is 0.667 bits per heavy atom. The van der Waals surface area contributed by atoms with Gasteiger partial charge in [-0.3, -0.25) is 0 Å². The summed E-state index contributed by atoms with van der Waals surface area (Å²) in [7, 11) is 0. The van der Waals surface area contributed by atoms with E-state index in [1.807, 2.05) is 0 Å². The van der Waals surface area contributed by atoms with Crippen LogP contribution >= 0.6 is 27.0 Å². The molecule has 6 heavy (non-hydrogen) atoms. The van der Waals surface area contributed by atoms with Crippen LogP contribution in [0.3, 0.4) is 0 Å². The first kappa shape index (κ1) is 54.5. The van der Waals surface area contributed by atoms with E-state index < -0.39 is 0 Å². The minimum absolute atomic E-state index is 0. The Balaban J connectivity index is 0. The van der Waals surface area contributed by atoms with Crippen molar-refractivity contribution < 1.29 is 61.6 Å². The van der Waals surface area contributed by atoms with Crippen LogP contribution in [0.15, 0.2) is 0 Å². The Hall–Kier alpha value is 3.62. The largest absolute Gasteiger partial charge is 0 e. The summed E-state index contributed by atoms with van der Waals surface area (Å²) >= 11 is 0. The maximum Gasteiger partial charge on any atom is 0 e. The van der Waals surface area contributed by atoms with Crippen molar-refractivity contribution in [1.29, 1.82) is 0 Å². The van der Waals surface area contributed by atoms with Crippen molar-refractivity contribution in [2.24, 2.45) is 0 Å². The monoisotopic (exact) mass is 538 g/mol. The van der Waals surface area contributed by atoms with Gasteiger partial charge in [-0.25, -0.2) is 0 Å². The van der Waals surface area contributed by atoms with E-state index in [0.717, 1.165) is 0 Å². The fraction of sp³-hybridized carbons (Fsp3) is 0. The predicted molar refractivity (Wildman–Crippen MR) is 29.3 cm³/mol.